The third-order valence-electron chi connectivity index (χ3n) is 1.52. The minimum atomic E-state index is -5.17. The molecule has 80 valence electrons. The molecule has 2 rings (SSSR count). The van der Waals surface area contributed by atoms with E-state index < -0.39 is 10.4 Å². The molecule has 7 heteroatoms. The summed E-state index contributed by atoms with van der Waals surface area (Å²) in [6, 6.07) is 1.62. The molecule has 0 radical (unpaired) electrons. The van der Waals surface area contributed by atoms with Gasteiger partial charge in [-0.15, -0.1) is 12.1 Å². The fraction of sp³-hybridized carbons (Fsp3) is 1.00. The molecule has 0 aromatic heterocycles. The van der Waals surface area contributed by atoms with Crippen molar-refractivity contribution in [1.29, 1.82) is 0 Å². The Bertz CT molecular complexity index is 217. The zero-order valence-electron chi connectivity index (χ0n) is 6.79. The molecule has 2 aliphatic rings. The van der Waals surface area contributed by atoms with Gasteiger partial charge in [-0.1, -0.05) is 25.7 Å². The summed E-state index contributed by atoms with van der Waals surface area (Å²) in [4.78, 5) is 0. The van der Waals surface area contributed by atoms with E-state index in [0.717, 1.165) is 12.1 Å². The minimum Gasteiger partial charge on any atom is -0.759 e. The second-order valence-corrected chi connectivity index (χ2v) is 3.84. The zero-order valence-corrected chi connectivity index (χ0v) is 9.88. The van der Waals surface area contributed by atoms with Crippen LogP contribution in [0.1, 0.15) is 25.7 Å². The predicted octanol–water partition coefficient (Wildman–Crippen LogP) is 0.344. The Balaban J connectivity index is 0.000000220. The Labute approximate surface area is 92.1 Å². The Morgan fingerprint density at radius 2 is 1.23 bits per heavy atom. The van der Waals surface area contributed by atoms with Gasteiger partial charge in [-0.05, 0) is 0 Å². The van der Waals surface area contributed by atoms with Crippen molar-refractivity contribution in [2.24, 2.45) is 0 Å². The fourth-order valence-electron chi connectivity index (χ4n) is 0.745. The first-order chi connectivity index (χ1) is 5.45. The largest absolute Gasteiger partial charge is 2.00 e. The Hall–Kier alpha value is 0.518. The van der Waals surface area contributed by atoms with Crippen molar-refractivity contribution in [2.75, 3.05) is 0 Å². The maximum atomic E-state index is 8.52. The van der Waals surface area contributed by atoms with Gasteiger partial charge in [0.1, 0.15) is 0 Å². The van der Waals surface area contributed by atoms with Crippen molar-refractivity contribution in [3.05, 3.63) is 5.32 Å². The van der Waals surface area contributed by atoms with Gasteiger partial charge in [-0.2, -0.15) is 0 Å². The van der Waals surface area contributed by atoms with E-state index in [-0.39, 0.29) is 21.1 Å². The van der Waals surface area contributed by atoms with E-state index in [9.17, 15) is 0 Å². The van der Waals surface area contributed by atoms with Crippen LogP contribution in [0, 0.1) is 0 Å². The summed E-state index contributed by atoms with van der Waals surface area (Å²) in [7, 11) is -5.17. The molecule has 0 bridgehead atoms. The van der Waals surface area contributed by atoms with Gasteiger partial charge in [0, 0.05) is 10.4 Å². The van der Waals surface area contributed by atoms with Crippen LogP contribution in [0.2, 0.25) is 0 Å². The minimum absolute atomic E-state index is 0. The molecule has 0 saturated heterocycles. The van der Waals surface area contributed by atoms with E-state index in [1.807, 2.05) is 0 Å². The molecular formula is C6H10NO4PtS-. The van der Waals surface area contributed by atoms with Crippen LogP contribution in [0.3, 0.4) is 0 Å². The van der Waals surface area contributed by atoms with Gasteiger partial charge in [0.05, 0.1) is 0 Å². The normalized spacial score (nSPS) is 21.1. The van der Waals surface area contributed by atoms with Crippen LogP contribution in [0.15, 0.2) is 0 Å². The monoisotopic (exact) mass is 387 g/mol. The second-order valence-electron chi connectivity index (χ2n) is 3.02. The molecule has 0 spiro atoms. The predicted molar refractivity (Wildman–Crippen MR) is 39.9 cm³/mol. The van der Waals surface area contributed by atoms with Crippen LogP contribution in [0.4, 0.5) is 0 Å². The average Bonchev–Trinajstić information content (AvgIpc) is 2.57. The molecule has 2 saturated carbocycles. The quantitative estimate of drug-likeness (QED) is 0.505. The molecule has 0 atom stereocenters. The van der Waals surface area contributed by atoms with Crippen LogP contribution in [-0.2, 0) is 31.5 Å². The van der Waals surface area contributed by atoms with Crippen LogP contribution in [0.5, 0.6) is 0 Å². The molecule has 13 heavy (non-hydrogen) atoms. The van der Waals surface area contributed by atoms with Gasteiger partial charge in [0.2, 0.25) is 0 Å². The third kappa shape index (κ3) is 12.5. The van der Waals surface area contributed by atoms with Gasteiger partial charge in [0.15, 0.2) is 0 Å². The first-order valence-electron chi connectivity index (χ1n) is 3.82. The second kappa shape index (κ2) is 5.41. The Morgan fingerprint density at radius 3 is 1.38 bits per heavy atom. The van der Waals surface area contributed by atoms with E-state index in [1.54, 1.807) is 0 Å². The summed E-state index contributed by atoms with van der Waals surface area (Å²) in [5.41, 5.74) is 0. The number of nitrogens with zero attached hydrogens (tertiary/aromatic N) is 1. The molecule has 0 N–H and O–H groups in total. The zero-order chi connectivity index (χ0) is 9.19. The average molecular weight is 387 g/mol. The van der Waals surface area contributed by atoms with Gasteiger partial charge in [-0.25, -0.2) is 0 Å². The number of hydrogen-bond donors (Lipinski definition) is 0. The summed E-state index contributed by atoms with van der Waals surface area (Å²) in [5.74, 6) is 0. The maximum Gasteiger partial charge on any atom is 2.00 e. The van der Waals surface area contributed by atoms with Crippen molar-refractivity contribution < 1.29 is 38.6 Å². The fourth-order valence-corrected chi connectivity index (χ4v) is 0.745. The Kier molecular flexibility index (Phi) is 5.63. The van der Waals surface area contributed by atoms with E-state index in [2.05, 4.69) is 5.32 Å². The molecule has 0 amide bonds. The van der Waals surface area contributed by atoms with Crippen LogP contribution in [-0.4, -0.2) is 29.6 Å². The van der Waals surface area contributed by atoms with Crippen LogP contribution >= 0.6 is 0 Å². The molecule has 0 heterocycles. The summed E-state index contributed by atoms with van der Waals surface area (Å²) in [5, 5.41) is 4.50. The van der Waals surface area contributed by atoms with Gasteiger partial charge >= 0.3 is 21.1 Å². The number of rotatable bonds is 2. The van der Waals surface area contributed by atoms with E-state index in [0.29, 0.717) is 0 Å². The Morgan fingerprint density at radius 1 is 1.00 bits per heavy atom. The molecule has 0 aliphatic heterocycles. The van der Waals surface area contributed by atoms with E-state index in [4.69, 9.17) is 17.5 Å². The smallest absolute Gasteiger partial charge is 0.759 e. The van der Waals surface area contributed by atoms with Crippen molar-refractivity contribution in [3.63, 3.8) is 0 Å². The van der Waals surface area contributed by atoms with Gasteiger partial charge < -0.3 is 14.4 Å². The molecule has 2 fully saturated rings. The first kappa shape index (κ1) is 13.5. The SMILES string of the molecule is C1CC1[N-]C1CC1.O=S(=O)([O-])[O-].[Pt+2]. The summed E-state index contributed by atoms with van der Waals surface area (Å²) in [6.07, 6.45) is 5.54. The molecule has 2 aliphatic carbocycles. The molecule has 5 nitrogen and oxygen atoms in total. The third-order valence-corrected chi connectivity index (χ3v) is 1.52. The van der Waals surface area contributed by atoms with Crippen molar-refractivity contribution in [3.8, 4) is 0 Å². The van der Waals surface area contributed by atoms with Crippen LogP contribution < -0.4 is 0 Å². The first-order valence-corrected chi connectivity index (χ1v) is 5.15. The van der Waals surface area contributed by atoms with Gasteiger partial charge in [0.25, 0.3) is 0 Å². The van der Waals surface area contributed by atoms with Gasteiger partial charge in [-0.3, -0.25) is 8.42 Å². The van der Waals surface area contributed by atoms with Crippen molar-refractivity contribution in [1.82, 2.24) is 0 Å². The van der Waals surface area contributed by atoms with E-state index >= 15 is 0 Å². The van der Waals surface area contributed by atoms with Crippen molar-refractivity contribution in [2.45, 2.75) is 37.8 Å². The summed E-state index contributed by atoms with van der Waals surface area (Å²) >= 11 is 0. The van der Waals surface area contributed by atoms with E-state index in [1.165, 1.54) is 25.7 Å². The summed E-state index contributed by atoms with van der Waals surface area (Å²) in [6.45, 7) is 0. The summed E-state index contributed by atoms with van der Waals surface area (Å²) < 4.78 is 34.1. The molecular weight excluding hydrogens is 377 g/mol. The molecule has 0 aromatic rings. The molecule has 0 unspecified atom stereocenters. The standard InChI is InChI=1S/C6H10N.H2O4S.Pt/c1-2-5(1)7-6-3-4-6;1-5(2,3)4;/h5-6H,1-4H2;(H2,1,2,3,4);/q-1;;+2/p-2. The van der Waals surface area contributed by atoms with Crippen molar-refractivity contribution >= 4 is 10.4 Å². The van der Waals surface area contributed by atoms with Crippen LogP contribution in [0.25, 0.3) is 5.32 Å². The number of hydrogen-bond acceptors (Lipinski definition) is 4. The maximum absolute atomic E-state index is 8.52. The topological polar surface area (TPSA) is 94.4 Å². The molecule has 0 aromatic carbocycles.